The summed E-state index contributed by atoms with van der Waals surface area (Å²) in [6.07, 6.45) is 2.82. The smallest absolute Gasteiger partial charge is 0.129 e. The quantitative estimate of drug-likeness (QED) is 0.913. The van der Waals surface area contributed by atoms with Gasteiger partial charge in [0.2, 0.25) is 0 Å². The average Bonchev–Trinajstić information content (AvgIpc) is 3.03. The standard InChI is InChI=1S/C14H17N3O2/c1-17-14(15)12(8-16-17)11-4-2-3-5-13(11)19-10-6-7-18-9-10/h2-5,8,10H,6-7,9,15H2,1H3. The summed E-state index contributed by atoms with van der Waals surface area (Å²) in [6.45, 7) is 1.42. The van der Waals surface area contributed by atoms with Crippen LogP contribution in [-0.4, -0.2) is 29.1 Å². The molecule has 5 heteroatoms. The van der Waals surface area contributed by atoms with Crippen molar-refractivity contribution in [2.75, 3.05) is 18.9 Å². The number of hydrogen-bond acceptors (Lipinski definition) is 4. The molecule has 19 heavy (non-hydrogen) atoms. The summed E-state index contributed by atoms with van der Waals surface area (Å²) in [4.78, 5) is 0. The van der Waals surface area contributed by atoms with Gasteiger partial charge < -0.3 is 15.2 Å². The van der Waals surface area contributed by atoms with Crippen LogP contribution in [0.1, 0.15) is 6.42 Å². The van der Waals surface area contributed by atoms with Crippen molar-refractivity contribution in [3.05, 3.63) is 30.5 Å². The van der Waals surface area contributed by atoms with Crippen LogP contribution >= 0.6 is 0 Å². The molecule has 1 aliphatic heterocycles. The van der Waals surface area contributed by atoms with Gasteiger partial charge in [-0.05, 0) is 6.07 Å². The fourth-order valence-electron chi connectivity index (χ4n) is 2.23. The number of aromatic nitrogens is 2. The summed E-state index contributed by atoms with van der Waals surface area (Å²) in [5, 5.41) is 4.18. The zero-order chi connectivity index (χ0) is 13.2. The van der Waals surface area contributed by atoms with E-state index in [9.17, 15) is 0 Å². The van der Waals surface area contributed by atoms with Crippen molar-refractivity contribution < 1.29 is 9.47 Å². The minimum absolute atomic E-state index is 0.124. The second kappa shape index (κ2) is 4.93. The van der Waals surface area contributed by atoms with Gasteiger partial charge in [0.15, 0.2) is 0 Å². The van der Waals surface area contributed by atoms with Gasteiger partial charge in [-0.15, -0.1) is 0 Å². The van der Waals surface area contributed by atoms with Gasteiger partial charge in [-0.2, -0.15) is 5.10 Å². The van der Waals surface area contributed by atoms with Crippen LogP contribution in [0.3, 0.4) is 0 Å². The topological polar surface area (TPSA) is 62.3 Å². The lowest BCUT2D eigenvalue weighted by Gasteiger charge is -2.15. The Bertz CT molecular complexity index is 574. The second-order valence-electron chi connectivity index (χ2n) is 4.67. The molecule has 1 aromatic heterocycles. The van der Waals surface area contributed by atoms with E-state index in [1.165, 1.54) is 0 Å². The van der Waals surface area contributed by atoms with Gasteiger partial charge in [-0.3, -0.25) is 4.68 Å². The van der Waals surface area contributed by atoms with Crippen LogP contribution in [0.2, 0.25) is 0 Å². The molecular weight excluding hydrogens is 242 g/mol. The lowest BCUT2D eigenvalue weighted by molar-refractivity contribution is 0.142. The summed E-state index contributed by atoms with van der Waals surface area (Å²) in [7, 11) is 1.83. The number of para-hydroxylation sites is 1. The first-order chi connectivity index (χ1) is 9.25. The van der Waals surface area contributed by atoms with Crippen LogP contribution in [0.25, 0.3) is 11.1 Å². The molecular formula is C14H17N3O2. The Morgan fingerprint density at radius 3 is 2.89 bits per heavy atom. The van der Waals surface area contributed by atoms with Crippen LogP contribution in [0.15, 0.2) is 30.5 Å². The third-order valence-electron chi connectivity index (χ3n) is 3.34. The fraction of sp³-hybridized carbons (Fsp3) is 0.357. The van der Waals surface area contributed by atoms with Crippen molar-refractivity contribution >= 4 is 5.82 Å². The molecule has 0 amide bonds. The van der Waals surface area contributed by atoms with E-state index in [4.69, 9.17) is 15.2 Å². The molecule has 0 spiro atoms. The maximum Gasteiger partial charge on any atom is 0.129 e. The molecule has 2 heterocycles. The summed E-state index contributed by atoms with van der Waals surface area (Å²) in [6, 6.07) is 7.89. The molecule has 1 aromatic carbocycles. The Morgan fingerprint density at radius 2 is 2.21 bits per heavy atom. The summed E-state index contributed by atoms with van der Waals surface area (Å²) >= 11 is 0. The van der Waals surface area contributed by atoms with Gasteiger partial charge in [0.25, 0.3) is 0 Å². The van der Waals surface area contributed by atoms with Crippen molar-refractivity contribution in [3.8, 4) is 16.9 Å². The highest BCUT2D eigenvalue weighted by Crippen LogP contribution is 2.34. The van der Waals surface area contributed by atoms with E-state index in [0.29, 0.717) is 12.4 Å². The van der Waals surface area contributed by atoms with Gasteiger partial charge in [-0.1, -0.05) is 18.2 Å². The van der Waals surface area contributed by atoms with Crippen molar-refractivity contribution in [2.45, 2.75) is 12.5 Å². The molecule has 1 unspecified atom stereocenters. The van der Waals surface area contributed by atoms with Gasteiger partial charge in [0.1, 0.15) is 17.7 Å². The van der Waals surface area contributed by atoms with Crippen LogP contribution in [0.4, 0.5) is 5.82 Å². The van der Waals surface area contributed by atoms with Crippen LogP contribution < -0.4 is 10.5 Å². The minimum Gasteiger partial charge on any atom is -0.487 e. The average molecular weight is 259 g/mol. The zero-order valence-corrected chi connectivity index (χ0v) is 10.9. The Balaban J connectivity index is 1.94. The minimum atomic E-state index is 0.124. The van der Waals surface area contributed by atoms with Crippen molar-refractivity contribution in [1.82, 2.24) is 9.78 Å². The number of benzene rings is 1. The number of anilines is 1. The Hall–Kier alpha value is -2.01. The number of nitrogens with two attached hydrogens (primary N) is 1. The summed E-state index contributed by atoms with van der Waals surface area (Å²) < 4.78 is 13.0. The molecule has 1 saturated heterocycles. The summed E-state index contributed by atoms with van der Waals surface area (Å²) in [5.74, 6) is 1.47. The Morgan fingerprint density at radius 1 is 1.37 bits per heavy atom. The van der Waals surface area contributed by atoms with Crippen molar-refractivity contribution in [2.24, 2.45) is 7.05 Å². The lowest BCUT2D eigenvalue weighted by Crippen LogP contribution is -2.16. The highest BCUT2D eigenvalue weighted by molar-refractivity contribution is 5.78. The van der Waals surface area contributed by atoms with Crippen molar-refractivity contribution in [3.63, 3.8) is 0 Å². The van der Waals surface area contributed by atoms with Gasteiger partial charge in [-0.25, -0.2) is 0 Å². The van der Waals surface area contributed by atoms with Crippen LogP contribution in [-0.2, 0) is 11.8 Å². The molecule has 5 nitrogen and oxygen atoms in total. The van der Waals surface area contributed by atoms with E-state index in [0.717, 1.165) is 29.9 Å². The molecule has 1 aliphatic rings. The van der Waals surface area contributed by atoms with E-state index < -0.39 is 0 Å². The third-order valence-corrected chi connectivity index (χ3v) is 3.34. The molecule has 0 radical (unpaired) electrons. The molecule has 1 atom stereocenters. The van der Waals surface area contributed by atoms with E-state index in [1.54, 1.807) is 10.9 Å². The first kappa shape index (κ1) is 12.0. The molecule has 2 aromatic rings. The highest BCUT2D eigenvalue weighted by Gasteiger charge is 2.20. The Kier molecular flexibility index (Phi) is 3.13. The monoisotopic (exact) mass is 259 g/mol. The summed E-state index contributed by atoms with van der Waals surface area (Å²) in [5.41, 5.74) is 7.90. The Labute approximate surface area is 111 Å². The number of ether oxygens (including phenoxy) is 2. The first-order valence-corrected chi connectivity index (χ1v) is 6.37. The predicted molar refractivity (Wildman–Crippen MR) is 72.9 cm³/mol. The number of nitrogen functional groups attached to an aromatic ring is 1. The van der Waals surface area contributed by atoms with Crippen molar-refractivity contribution in [1.29, 1.82) is 0 Å². The fourth-order valence-corrected chi connectivity index (χ4v) is 2.23. The molecule has 0 aliphatic carbocycles. The second-order valence-corrected chi connectivity index (χ2v) is 4.67. The van der Waals surface area contributed by atoms with Crippen LogP contribution in [0.5, 0.6) is 5.75 Å². The molecule has 2 N–H and O–H groups in total. The highest BCUT2D eigenvalue weighted by atomic mass is 16.5. The number of rotatable bonds is 3. The molecule has 1 fully saturated rings. The number of nitrogens with zero attached hydrogens (tertiary/aromatic N) is 2. The molecule has 0 saturated carbocycles. The maximum atomic E-state index is 6.03. The van der Waals surface area contributed by atoms with Gasteiger partial charge in [0.05, 0.1) is 19.4 Å². The number of hydrogen-bond donors (Lipinski definition) is 1. The lowest BCUT2D eigenvalue weighted by atomic mass is 10.1. The molecule has 0 bridgehead atoms. The maximum absolute atomic E-state index is 6.03. The first-order valence-electron chi connectivity index (χ1n) is 6.37. The largest absolute Gasteiger partial charge is 0.487 e. The van der Waals surface area contributed by atoms with Gasteiger partial charge >= 0.3 is 0 Å². The van der Waals surface area contributed by atoms with E-state index >= 15 is 0 Å². The SMILES string of the molecule is Cn1ncc(-c2ccccc2OC2CCOC2)c1N. The zero-order valence-electron chi connectivity index (χ0n) is 10.9. The van der Waals surface area contributed by atoms with Crippen LogP contribution in [0, 0.1) is 0 Å². The molecule has 100 valence electrons. The number of aryl methyl sites for hydroxylation is 1. The van der Waals surface area contributed by atoms with Gasteiger partial charge in [0, 0.05) is 24.6 Å². The third kappa shape index (κ3) is 2.29. The van der Waals surface area contributed by atoms with E-state index in [1.807, 2.05) is 31.3 Å². The molecule has 3 rings (SSSR count). The predicted octanol–water partition coefficient (Wildman–Crippen LogP) is 1.84. The normalized spacial score (nSPS) is 18.7. The van der Waals surface area contributed by atoms with E-state index in [-0.39, 0.29) is 6.10 Å². The van der Waals surface area contributed by atoms with E-state index in [2.05, 4.69) is 5.10 Å².